The molecule has 26 heavy (non-hydrogen) atoms. The standard InChI is InChI=1S/C19H24N2O3S2/c1-4-14-6-7-16-15(10-14)11-17(25-16)19(22)20-21-26(23,24)18-8-5-12(2)9-13(18)3/h5,8-9,11,14,21H,4,6-7,10H2,1-3H3,(H,20,22)/t14-/m1/s1. The lowest BCUT2D eigenvalue weighted by Crippen LogP contribution is -2.41. The molecule has 5 nitrogen and oxygen atoms in total. The Kier molecular flexibility index (Phi) is 5.50. The molecule has 0 fully saturated rings. The predicted molar refractivity (Wildman–Crippen MR) is 104 cm³/mol. The summed E-state index contributed by atoms with van der Waals surface area (Å²) < 4.78 is 24.9. The van der Waals surface area contributed by atoms with Gasteiger partial charge in [0.05, 0.1) is 9.77 Å². The number of thiophene rings is 1. The van der Waals surface area contributed by atoms with Gasteiger partial charge in [-0.05, 0) is 62.3 Å². The number of benzene rings is 1. The minimum atomic E-state index is -3.80. The zero-order valence-electron chi connectivity index (χ0n) is 15.3. The topological polar surface area (TPSA) is 75.3 Å². The van der Waals surface area contributed by atoms with Crippen LogP contribution >= 0.6 is 11.3 Å². The minimum absolute atomic E-state index is 0.166. The summed E-state index contributed by atoms with van der Waals surface area (Å²) in [5.74, 6) is 0.266. The van der Waals surface area contributed by atoms with Crippen LogP contribution in [0.1, 0.15) is 51.0 Å². The number of hydrazine groups is 1. The van der Waals surface area contributed by atoms with Crippen molar-refractivity contribution in [3.63, 3.8) is 0 Å². The molecule has 0 bridgehead atoms. The normalized spacial score (nSPS) is 17.0. The maximum absolute atomic E-state index is 12.5. The molecule has 1 amide bonds. The van der Waals surface area contributed by atoms with E-state index in [0.717, 1.165) is 31.2 Å². The van der Waals surface area contributed by atoms with E-state index in [1.54, 1.807) is 25.1 Å². The molecule has 3 rings (SSSR count). The fraction of sp³-hybridized carbons (Fsp3) is 0.421. The summed E-state index contributed by atoms with van der Waals surface area (Å²) in [6, 6.07) is 6.99. The molecule has 1 aromatic heterocycles. The van der Waals surface area contributed by atoms with E-state index in [1.165, 1.54) is 21.8 Å². The highest BCUT2D eigenvalue weighted by molar-refractivity contribution is 7.89. The van der Waals surface area contributed by atoms with Gasteiger partial charge in [-0.25, -0.2) is 8.42 Å². The third kappa shape index (κ3) is 4.00. The highest BCUT2D eigenvalue weighted by Gasteiger charge is 2.23. The van der Waals surface area contributed by atoms with E-state index >= 15 is 0 Å². The average Bonchev–Trinajstić information content (AvgIpc) is 3.02. The summed E-state index contributed by atoms with van der Waals surface area (Å²) in [6.07, 6.45) is 4.31. The van der Waals surface area contributed by atoms with Crippen LogP contribution in [0.4, 0.5) is 0 Å². The van der Waals surface area contributed by atoms with Crippen LogP contribution in [0.5, 0.6) is 0 Å². The molecular weight excluding hydrogens is 368 g/mol. The SMILES string of the molecule is CC[C@@H]1CCc2sc(C(=O)NNS(=O)(=O)c3ccc(C)cc3C)cc2C1. The number of amides is 1. The van der Waals surface area contributed by atoms with Crippen molar-refractivity contribution in [1.29, 1.82) is 0 Å². The zero-order valence-corrected chi connectivity index (χ0v) is 16.9. The molecule has 7 heteroatoms. The number of fused-ring (bicyclic) bond motifs is 1. The van der Waals surface area contributed by atoms with E-state index in [4.69, 9.17) is 0 Å². The van der Waals surface area contributed by atoms with Crippen LogP contribution in [-0.4, -0.2) is 14.3 Å². The van der Waals surface area contributed by atoms with Gasteiger partial charge in [-0.2, -0.15) is 0 Å². The van der Waals surface area contributed by atoms with E-state index in [0.29, 0.717) is 16.4 Å². The van der Waals surface area contributed by atoms with E-state index in [2.05, 4.69) is 17.2 Å². The summed E-state index contributed by atoms with van der Waals surface area (Å²) in [6.45, 7) is 5.83. The number of rotatable bonds is 5. The Morgan fingerprint density at radius 3 is 2.73 bits per heavy atom. The van der Waals surface area contributed by atoms with Crippen molar-refractivity contribution in [1.82, 2.24) is 10.3 Å². The smallest absolute Gasteiger partial charge is 0.273 e. The molecule has 0 unspecified atom stereocenters. The van der Waals surface area contributed by atoms with Crippen LogP contribution in [0.15, 0.2) is 29.2 Å². The Balaban J connectivity index is 1.70. The maximum Gasteiger partial charge on any atom is 0.276 e. The molecule has 1 aromatic carbocycles. The van der Waals surface area contributed by atoms with Gasteiger partial charge >= 0.3 is 0 Å². The summed E-state index contributed by atoms with van der Waals surface area (Å²) in [5.41, 5.74) is 5.21. The van der Waals surface area contributed by atoms with Gasteiger partial charge < -0.3 is 0 Å². The van der Waals surface area contributed by atoms with Crippen LogP contribution < -0.4 is 10.3 Å². The van der Waals surface area contributed by atoms with Crippen molar-refractivity contribution in [2.45, 2.75) is 51.3 Å². The third-order valence-electron chi connectivity index (χ3n) is 4.90. The number of hydrogen-bond acceptors (Lipinski definition) is 4. The monoisotopic (exact) mass is 392 g/mol. The Morgan fingerprint density at radius 1 is 1.27 bits per heavy atom. The van der Waals surface area contributed by atoms with Crippen molar-refractivity contribution in [3.8, 4) is 0 Å². The first-order valence-electron chi connectivity index (χ1n) is 8.81. The predicted octanol–water partition coefficient (Wildman–Crippen LogP) is 3.50. The van der Waals surface area contributed by atoms with Gasteiger partial charge in [0.25, 0.3) is 15.9 Å². The molecule has 1 heterocycles. The first-order valence-corrected chi connectivity index (χ1v) is 11.1. The number of hydrogen-bond donors (Lipinski definition) is 2. The van der Waals surface area contributed by atoms with E-state index in [9.17, 15) is 13.2 Å². The van der Waals surface area contributed by atoms with Crippen molar-refractivity contribution < 1.29 is 13.2 Å². The molecule has 1 aliphatic carbocycles. The van der Waals surface area contributed by atoms with Crippen LogP contribution in [0.25, 0.3) is 0 Å². The average molecular weight is 393 g/mol. The van der Waals surface area contributed by atoms with E-state index in [-0.39, 0.29) is 4.90 Å². The maximum atomic E-state index is 12.5. The van der Waals surface area contributed by atoms with Gasteiger partial charge in [0, 0.05) is 4.88 Å². The highest BCUT2D eigenvalue weighted by Crippen LogP contribution is 2.33. The summed E-state index contributed by atoms with van der Waals surface area (Å²) in [4.78, 5) is 16.6. The molecule has 0 aliphatic heterocycles. The molecular formula is C19H24N2O3S2. The van der Waals surface area contributed by atoms with E-state index < -0.39 is 15.9 Å². The van der Waals surface area contributed by atoms with Crippen LogP contribution in [0.2, 0.25) is 0 Å². The molecule has 0 saturated heterocycles. The number of carbonyl (C=O) groups excluding carboxylic acids is 1. The lowest BCUT2D eigenvalue weighted by Gasteiger charge is -2.19. The Hall–Kier alpha value is -1.70. The van der Waals surface area contributed by atoms with Gasteiger partial charge in [0.1, 0.15) is 0 Å². The Morgan fingerprint density at radius 2 is 2.04 bits per heavy atom. The van der Waals surface area contributed by atoms with Crippen LogP contribution in [0.3, 0.4) is 0 Å². The molecule has 0 radical (unpaired) electrons. The Bertz CT molecular complexity index is 932. The number of nitrogens with one attached hydrogen (secondary N) is 2. The van der Waals surface area contributed by atoms with Gasteiger partial charge in [-0.15, -0.1) is 16.2 Å². The molecule has 0 saturated carbocycles. The highest BCUT2D eigenvalue weighted by atomic mass is 32.2. The Labute approximate surface area is 158 Å². The van der Waals surface area contributed by atoms with Crippen molar-refractivity contribution in [3.05, 3.63) is 50.7 Å². The minimum Gasteiger partial charge on any atom is -0.273 e. The first-order chi connectivity index (χ1) is 12.3. The summed E-state index contributed by atoms with van der Waals surface area (Å²) >= 11 is 1.46. The fourth-order valence-corrected chi connectivity index (χ4v) is 5.56. The van der Waals surface area contributed by atoms with Gasteiger partial charge in [-0.3, -0.25) is 10.2 Å². The molecule has 2 aromatic rings. The van der Waals surface area contributed by atoms with Crippen LogP contribution in [-0.2, 0) is 22.9 Å². The van der Waals surface area contributed by atoms with Crippen molar-refractivity contribution in [2.75, 3.05) is 0 Å². The number of sulfonamides is 1. The van der Waals surface area contributed by atoms with Crippen molar-refractivity contribution in [2.24, 2.45) is 5.92 Å². The molecule has 0 spiro atoms. The first kappa shape index (κ1) is 19.1. The zero-order chi connectivity index (χ0) is 18.9. The lowest BCUT2D eigenvalue weighted by atomic mass is 9.87. The molecule has 2 N–H and O–H groups in total. The molecule has 1 aliphatic rings. The van der Waals surface area contributed by atoms with Gasteiger partial charge in [-0.1, -0.05) is 31.0 Å². The second-order valence-electron chi connectivity index (χ2n) is 6.90. The number of carbonyl (C=O) groups is 1. The van der Waals surface area contributed by atoms with Gasteiger partial charge in [0.2, 0.25) is 0 Å². The quantitative estimate of drug-likeness (QED) is 0.765. The second kappa shape index (κ2) is 7.50. The van der Waals surface area contributed by atoms with Gasteiger partial charge in [0.15, 0.2) is 0 Å². The fourth-order valence-electron chi connectivity index (χ4n) is 3.39. The van der Waals surface area contributed by atoms with E-state index in [1.807, 2.05) is 13.0 Å². The summed E-state index contributed by atoms with van der Waals surface area (Å²) in [7, 11) is -3.80. The summed E-state index contributed by atoms with van der Waals surface area (Å²) in [5, 5.41) is 0. The third-order valence-corrected chi connectivity index (χ3v) is 7.55. The second-order valence-corrected chi connectivity index (χ2v) is 9.69. The largest absolute Gasteiger partial charge is 0.276 e. The number of aryl methyl sites for hydroxylation is 3. The molecule has 1 atom stereocenters. The van der Waals surface area contributed by atoms with Crippen LogP contribution in [0, 0.1) is 19.8 Å². The van der Waals surface area contributed by atoms with Crippen molar-refractivity contribution >= 4 is 27.3 Å². The molecule has 140 valence electrons. The lowest BCUT2D eigenvalue weighted by molar-refractivity contribution is 0.0949.